The summed E-state index contributed by atoms with van der Waals surface area (Å²) >= 11 is 5.89. The van der Waals surface area contributed by atoms with Crippen molar-refractivity contribution in [1.29, 1.82) is 0 Å². The monoisotopic (exact) mass is 276 g/mol. The van der Waals surface area contributed by atoms with E-state index in [0.717, 1.165) is 5.56 Å². The number of anilines is 1. The maximum Gasteiger partial charge on any atom is 0.255 e. The Morgan fingerprint density at radius 2 is 1.95 bits per heavy atom. The highest BCUT2D eigenvalue weighted by Gasteiger charge is 2.09. The third kappa shape index (κ3) is 3.23. The second kappa shape index (κ2) is 5.28. The second-order valence-electron chi connectivity index (χ2n) is 4.33. The maximum absolute atomic E-state index is 12.1. The number of rotatable bonds is 2. The number of hydrogen-bond donors (Lipinski definition) is 2. The zero-order valence-electron chi connectivity index (χ0n) is 10.6. The summed E-state index contributed by atoms with van der Waals surface area (Å²) in [5, 5.41) is 3.29. The topological polar surface area (TPSA) is 62.0 Å². The van der Waals surface area contributed by atoms with E-state index < -0.39 is 0 Å². The van der Waals surface area contributed by atoms with E-state index in [4.69, 9.17) is 11.6 Å². The van der Waals surface area contributed by atoms with Gasteiger partial charge in [-0.15, -0.1) is 0 Å². The molecule has 0 spiro atoms. The smallest absolute Gasteiger partial charge is 0.255 e. The van der Waals surface area contributed by atoms with Gasteiger partial charge in [-0.2, -0.15) is 0 Å². The van der Waals surface area contributed by atoms with Crippen LogP contribution in [0.15, 0.2) is 35.1 Å². The molecule has 0 aliphatic heterocycles. The third-order valence-electron chi connectivity index (χ3n) is 2.69. The van der Waals surface area contributed by atoms with Crippen LogP contribution < -0.4 is 10.9 Å². The Hall–Kier alpha value is -2.07. The van der Waals surface area contributed by atoms with E-state index in [1.807, 2.05) is 13.0 Å². The van der Waals surface area contributed by atoms with E-state index in [0.29, 0.717) is 22.0 Å². The first-order chi connectivity index (χ1) is 8.95. The fraction of sp³-hybridized carbons (Fsp3) is 0.143. The zero-order valence-corrected chi connectivity index (χ0v) is 11.3. The normalized spacial score (nSPS) is 10.3. The lowest BCUT2D eigenvalue weighted by Crippen LogP contribution is -2.17. The number of benzene rings is 1. The van der Waals surface area contributed by atoms with Crippen LogP contribution in [0.5, 0.6) is 0 Å². The Morgan fingerprint density at radius 3 is 2.63 bits per heavy atom. The Labute approximate surface area is 115 Å². The highest BCUT2D eigenvalue weighted by Crippen LogP contribution is 2.20. The van der Waals surface area contributed by atoms with Crippen molar-refractivity contribution in [3.8, 4) is 0 Å². The molecule has 5 heteroatoms. The second-order valence-corrected chi connectivity index (χ2v) is 4.77. The Bertz CT molecular complexity index is 692. The van der Waals surface area contributed by atoms with Crippen LogP contribution in [0, 0.1) is 13.8 Å². The van der Waals surface area contributed by atoms with Crippen LogP contribution in [-0.2, 0) is 0 Å². The first kappa shape index (κ1) is 13.4. The molecule has 1 heterocycles. The van der Waals surface area contributed by atoms with E-state index in [1.165, 1.54) is 6.07 Å². The number of halogens is 1. The standard InChI is InChI=1S/C14H13ClN2O2/c1-8-3-4-11(15)7-12(8)17-14(19)10-5-9(2)16-13(18)6-10/h3-7H,1-2H3,(H,16,18)(H,17,19). The predicted molar refractivity (Wildman–Crippen MR) is 75.9 cm³/mol. The molecule has 0 radical (unpaired) electrons. The average molecular weight is 277 g/mol. The predicted octanol–water partition coefficient (Wildman–Crippen LogP) is 2.90. The van der Waals surface area contributed by atoms with Gasteiger partial charge >= 0.3 is 0 Å². The van der Waals surface area contributed by atoms with Crippen LogP contribution >= 0.6 is 11.6 Å². The number of H-pyrrole nitrogens is 1. The Kier molecular flexibility index (Phi) is 3.71. The van der Waals surface area contributed by atoms with Crippen molar-refractivity contribution in [2.45, 2.75) is 13.8 Å². The molecule has 1 aromatic carbocycles. The van der Waals surface area contributed by atoms with Crippen molar-refractivity contribution >= 4 is 23.2 Å². The molecule has 0 bridgehead atoms. The fourth-order valence-corrected chi connectivity index (χ4v) is 1.91. The van der Waals surface area contributed by atoms with Crippen molar-refractivity contribution in [1.82, 2.24) is 4.98 Å². The molecule has 1 amide bonds. The van der Waals surface area contributed by atoms with Crippen LogP contribution in [0.1, 0.15) is 21.6 Å². The van der Waals surface area contributed by atoms with Gasteiger partial charge in [0.15, 0.2) is 0 Å². The molecule has 0 unspecified atom stereocenters. The molecule has 0 aliphatic rings. The maximum atomic E-state index is 12.1. The molecule has 4 nitrogen and oxygen atoms in total. The summed E-state index contributed by atoms with van der Waals surface area (Å²) < 4.78 is 0. The number of aromatic nitrogens is 1. The molecular formula is C14H13ClN2O2. The van der Waals surface area contributed by atoms with Crippen LogP contribution in [0.4, 0.5) is 5.69 Å². The summed E-state index contributed by atoms with van der Waals surface area (Å²) in [5.41, 5.74) is 2.20. The summed E-state index contributed by atoms with van der Waals surface area (Å²) in [7, 11) is 0. The van der Waals surface area contributed by atoms with Gasteiger partial charge in [0, 0.05) is 28.0 Å². The molecule has 0 saturated carbocycles. The molecule has 2 aromatic rings. The number of nitrogens with one attached hydrogen (secondary N) is 2. The molecule has 0 aliphatic carbocycles. The van der Waals surface area contributed by atoms with Gasteiger partial charge in [0.1, 0.15) is 0 Å². The van der Waals surface area contributed by atoms with Crippen molar-refractivity contribution < 1.29 is 4.79 Å². The van der Waals surface area contributed by atoms with E-state index in [2.05, 4.69) is 10.3 Å². The van der Waals surface area contributed by atoms with Gasteiger partial charge in [-0.3, -0.25) is 9.59 Å². The highest BCUT2D eigenvalue weighted by molar-refractivity contribution is 6.31. The number of amides is 1. The van der Waals surface area contributed by atoms with Crippen LogP contribution in [0.2, 0.25) is 5.02 Å². The zero-order chi connectivity index (χ0) is 14.0. The van der Waals surface area contributed by atoms with Gasteiger partial charge in [-0.25, -0.2) is 0 Å². The minimum Gasteiger partial charge on any atom is -0.326 e. The van der Waals surface area contributed by atoms with E-state index in [9.17, 15) is 9.59 Å². The molecule has 0 fully saturated rings. The first-order valence-electron chi connectivity index (χ1n) is 5.74. The molecule has 2 rings (SSSR count). The van der Waals surface area contributed by atoms with Crippen LogP contribution in [-0.4, -0.2) is 10.9 Å². The van der Waals surface area contributed by atoms with Gasteiger partial charge in [0.25, 0.3) is 5.91 Å². The van der Waals surface area contributed by atoms with Gasteiger partial charge in [-0.05, 0) is 37.6 Å². The minimum atomic E-state index is -0.334. The molecule has 0 saturated heterocycles. The Morgan fingerprint density at radius 1 is 1.21 bits per heavy atom. The lowest BCUT2D eigenvalue weighted by atomic mass is 10.1. The summed E-state index contributed by atoms with van der Waals surface area (Å²) in [6, 6.07) is 8.14. The van der Waals surface area contributed by atoms with Crippen LogP contribution in [0.25, 0.3) is 0 Å². The number of carbonyl (C=O) groups excluding carboxylic acids is 1. The van der Waals surface area contributed by atoms with Crippen LogP contribution in [0.3, 0.4) is 0 Å². The van der Waals surface area contributed by atoms with Gasteiger partial charge in [0.05, 0.1) is 0 Å². The number of hydrogen-bond acceptors (Lipinski definition) is 2. The van der Waals surface area contributed by atoms with E-state index in [1.54, 1.807) is 25.1 Å². The molecule has 2 N–H and O–H groups in total. The molecular weight excluding hydrogens is 264 g/mol. The third-order valence-corrected chi connectivity index (χ3v) is 2.92. The summed E-state index contributed by atoms with van der Waals surface area (Å²) in [4.78, 5) is 26.0. The average Bonchev–Trinajstić information content (AvgIpc) is 2.32. The highest BCUT2D eigenvalue weighted by atomic mass is 35.5. The number of aromatic amines is 1. The van der Waals surface area contributed by atoms with Gasteiger partial charge in [-0.1, -0.05) is 17.7 Å². The number of aryl methyl sites for hydroxylation is 2. The van der Waals surface area contributed by atoms with Gasteiger partial charge < -0.3 is 10.3 Å². The Balaban J connectivity index is 2.30. The summed E-state index contributed by atoms with van der Waals surface area (Å²) in [6.07, 6.45) is 0. The summed E-state index contributed by atoms with van der Waals surface area (Å²) in [5.74, 6) is -0.334. The SMILES string of the molecule is Cc1cc(C(=O)Nc2cc(Cl)ccc2C)cc(=O)[nH]1. The molecule has 1 aromatic heterocycles. The summed E-state index contributed by atoms with van der Waals surface area (Å²) in [6.45, 7) is 3.60. The quantitative estimate of drug-likeness (QED) is 0.886. The minimum absolute atomic E-state index is 0.298. The van der Waals surface area contributed by atoms with E-state index >= 15 is 0 Å². The van der Waals surface area contributed by atoms with Crippen molar-refractivity contribution in [3.05, 3.63) is 62.5 Å². The van der Waals surface area contributed by atoms with Gasteiger partial charge in [0.2, 0.25) is 5.56 Å². The van der Waals surface area contributed by atoms with E-state index in [-0.39, 0.29) is 11.5 Å². The fourth-order valence-electron chi connectivity index (χ4n) is 1.74. The first-order valence-corrected chi connectivity index (χ1v) is 6.12. The van der Waals surface area contributed by atoms with Crippen molar-refractivity contribution in [3.63, 3.8) is 0 Å². The lowest BCUT2D eigenvalue weighted by Gasteiger charge is -2.09. The molecule has 98 valence electrons. The molecule has 0 atom stereocenters. The van der Waals surface area contributed by atoms with Crippen molar-refractivity contribution in [2.24, 2.45) is 0 Å². The number of carbonyl (C=O) groups is 1. The lowest BCUT2D eigenvalue weighted by molar-refractivity contribution is 0.102. The largest absolute Gasteiger partial charge is 0.326 e. The molecule has 19 heavy (non-hydrogen) atoms. The number of pyridine rings is 1. The van der Waals surface area contributed by atoms with Crippen molar-refractivity contribution in [2.75, 3.05) is 5.32 Å².